The Morgan fingerprint density at radius 1 is 1.08 bits per heavy atom. The Morgan fingerprint density at radius 3 is 2.58 bits per heavy atom. The van der Waals surface area contributed by atoms with Crippen molar-refractivity contribution in [2.24, 2.45) is 11.8 Å². The first-order valence-corrected chi connectivity index (χ1v) is 8.38. The first kappa shape index (κ1) is 15.3. The molecular formula is C19H22N2O3. The molecule has 0 N–H and O–H groups in total. The Bertz CT molecular complexity index is 696. The minimum atomic E-state index is 0.148. The number of hydrogen-bond acceptors (Lipinski definition) is 4. The second kappa shape index (κ2) is 6.32. The molecule has 2 aromatic rings. The van der Waals surface area contributed by atoms with Gasteiger partial charge in [0.05, 0.1) is 25.6 Å². The average Bonchev–Trinajstić information content (AvgIpc) is 3.29. The van der Waals surface area contributed by atoms with Crippen molar-refractivity contribution >= 4 is 5.91 Å². The van der Waals surface area contributed by atoms with Crippen LogP contribution in [-0.2, 0) is 17.9 Å². The van der Waals surface area contributed by atoms with Crippen LogP contribution in [0.15, 0.2) is 47.3 Å². The van der Waals surface area contributed by atoms with Crippen molar-refractivity contribution in [2.45, 2.75) is 13.1 Å². The van der Waals surface area contributed by atoms with Gasteiger partial charge in [0.1, 0.15) is 5.75 Å². The zero-order chi connectivity index (χ0) is 16.5. The SMILES string of the molecule is COc1ccc(CN2C[C@@H]3CN(Cc4ccoc4)C[C@@H]3C2=O)cc1. The quantitative estimate of drug-likeness (QED) is 0.846. The molecule has 1 aromatic carbocycles. The first-order chi connectivity index (χ1) is 11.7. The molecule has 5 heteroatoms. The number of carbonyl (C=O) groups excluding carboxylic acids is 1. The molecule has 5 nitrogen and oxygen atoms in total. The first-order valence-electron chi connectivity index (χ1n) is 8.38. The average molecular weight is 326 g/mol. The molecule has 1 aromatic heterocycles. The van der Waals surface area contributed by atoms with Crippen LogP contribution in [0.5, 0.6) is 5.75 Å². The molecule has 24 heavy (non-hydrogen) atoms. The molecule has 0 radical (unpaired) electrons. The number of carbonyl (C=O) groups is 1. The summed E-state index contributed by atoms with van der Waals surface area (Å²) in [4.78, 5) is 17.1. The fourth-order valence-corrected chi connectivity index (χ4v) is 3.90. The van der Waals surface area contributed by atoms with E-state index in [1.165, 1.54) is 5.56 Å². The molecular weight excluding hydrogens is 304 g/mol. The number of ether oxygens (including phenoxy) is 1. The van der Waals surface area contributed by atoms with Crippen LogP contribution in [0.3, 0.4) is 0 Å². The van der Waals surface area contributed by atoms with Gasteiger partial charge in [-0.1, -0.05) is 12.1 Å². The molecule has 0 saturated carbocycles. The number of furan rings is 1. The number of rotatable bonds is 5. The molecule has 2 aliphatic heterocycles. The van der Waals surface area contributed by atoms with Crippen LogP contribution in [0.4, 0.5) is 0 Å². The number of methoxy groups -OCH3 is 1. The van der Waals surface area contributed by atoms with Crippen LogP contribution in [0, 0.1) is 11.8 Å². The van der Waals surface area contributed by atoms with Crippen LogP contribution < -0.4 is 4.74 Å². The topological polar surface area (TPSA) is 45.9 Å². The van der Waals surface area contributed by atoms with Crippen molar-refractivity contribution in [3.63, 3.8) is 0 Å². The third kappa shape index (κ3) is 2.91. The molecule has 2 saturated heterocycles. The van der Waals surface area contributed by atoms with E-state index < -0.39 is 0 Å². The number of fused-ring (bicyclic) bond motifs is 1. The van der Waals surface area contributed by atoms with E-state index in [-0.39, 0.29) is 5.92 Å². The fraction of sp³-hybridized carbons (Fsp3) is 0.421. The molecule has 2 fully saturated rings. The predicted molar refractivity (Wildman–Crippen MR) is 89.4 cm³/mol. The zero-order valence-electron chi connectivity index (χ0n) is 13.9. The van der Waals surface area contributed by atoms with Crippen LogP contribution >= 0.6 is 0 Å². The highest BCUT2D eigenvalue weighted by Gasteiger charge is 2.45. The van der Waals surface area contributed by atoms with Crippen molar-refractivity contribution < 1.29 is 13.9 Å². The van der Waals surface area contributed by atoms with Gasteiger partial charge in [-0.2, -0.15) is 0 Å². The molecule has 0 spiro atoms. The van der Waals surface area contributed by atoms with E-state index in [2.05, 4.69) is 4.90 Å². The Labute approximate surface area is 141 Å². The third-order valence-corrected chi connectivity index (χ3v) is 5.12. The van der Waals surface area contributed by atoms with Gasteiger partial charge in [-0.3, -0.25) is 9.69 Å². The smallest absolute Gasteiger partial charge is 0.227 e. The molecule has 4 rings (SSSR count). The summed E-state index contributed by atoms with van der Waals surface area (Å²) in [6, 6.07) is 9.95. The summed E-state index contributed by atoms with van der Waals surface area (Å²) in [7, 11) is 1.66. The molecule has 2 atom stereocenters. The molecule has 0 bridgehead atoms. The van der Waals surface area contributed by atoms with Crippen molar-refractivity contribution in [1.82, 2.24) is 9.80 Å². The number of likely N-dealkylation sites (tertiary alicyclic amines) is 2. The summed E-state index contributed by atoms with van der Waals surface area (Å²) >= 11 is 0. The Morgan fingerprint density at radius 2 is 1.92 bits per heavy atom. The number of amides is 1. The van der Waals surface area contributed by atoms with Crippen LogP contribution in [0.25, 0.3) is 0 Å². The fourth-order valence-electron chi connectivity index (χ4n) is 3.90. The van der Waals surface area contributed by atoms with Gasteiger partial charge in [0.15, 0.2) is 0 Å². The second-order valence-corrected chi connectivity index (χ2v) is 6.76. The van der Waals surface area contributed by atoms with Crippen molar-refractivity contribution in [1.29, 1.82) is 0 Å². The number of hydrogen-bond donors (Lipinski definition) is 0. The highest BCUT2D eigenvalue weighted by Crippen LogP contribution is 2.33. The van der Waals surface area contributed by atoms with E-state index in [4.69, 9.17) is 9.15 Å². The number of benzene rings is 1. The second-order valence-electron chi connectivity index (χ2n) is 6.76. The third-order valence-electron chi connectivity index (χ3n) is 5.12. The summed E-state index contributed by atoms with van der Waals surface area (Å²) in [5.41, 5.74) is 2.33. The standard InChI is InChI=1S/C19H22N2O3/c1-23-17-4-2-14(3-5-17)9-21-11-16-10-20(12-18(16)19(21)22)8-15-6-7-24-13-15/h2-7,13,16,18H,8-12H2,1H3/t16-,18-/m0/s1. The summed E-state index contributed by atoms with van der Waals surface area (Å²) in [5.74, 6) is 1.74. The molecule has 0 aliphatic carbocycles. The normalized spacial score (nSPS) is 23.7. The van der Waals surface area contributed by atoms with E-state index in [1.54, 1.807) is 19.6 Å². The van der Waals surface area contributed by atoms with E-state index in [0.29, 0.717) is 18.4 Å². The largest absolute Gasteiger partial charge is 0.497 e. The van der Waals surface area contributed by atoms with E-state index in [9.17, 15) is 4.79 Å². The highest BCUT2D eigenvalue weighted by atomic mass is 16.5. The van der Waals surface area contributed by atoms with E-state index in [0.717, 1.165) is 37.5 Å². The van der Waals surface area contributed by atoms with Gasteiger partial charge in [0.25, 0.3) is 0 Å². The minimum Gasteiger partial charge on any atom is -0.497 e. The Balaban J connectivity index is 1.36. The molecule has 3 heterocycles. The lowest BCUT2D eigenvalue weighted by atomic mass is 10.0. The lowest BCUT2D eigenvalue weighted by molar-refractivity contribution is -0.131. The monoisotopic (exact) mass is 326 g/mol. The molecule has 126 valence electrons. The maximum atomic E-state index is 12.7. The maximum Gasteiger partial charge on any atom is 0.227 e. The van der Waals surface area contributed by atoms with Crippen molar-refractivity contribution in [3.8, 4) is 5.75 Å². The highest BCUT2D eigenvalue weighted by molar-refractivity contribution is 5.82. The summed E-state index contributed by atoms with van der Waals surface area (Å²) in [6.07, 6.45) is 3.49. The maximum absolute atomic E-state index is 12.7. The summed E-state index contributed by atoms with van der Waals surface area (Å²) < 4.78 is 10.3. The minimum absolute atomic E-state index is 0.148. The van der Waals surface area contributed by atoms with Crippen molar-refractivity contribution in [2.75, 3.05) is 26.7 Å². The summed E-state index contributed by atoms with van der Waals surface area (Å²) in [5, 5.41) is 0. The van der Waals surface area contributed by atoms with Crippen LogP contribution in [0.1, 0.15) is 11.1 Å². The zero-order valence-corrected chi connectivity index (χ0v) is 13.9. The molecule has 1 amide bonds. The van der Waals surface area contributed by atoms with Gasteiger partial charge in [0, 0.05) is 44.2 Å². The van der Waals surface area contributed by atoms with E-state index in [1.807, 2.05) is 35.2 Å². The van der Waals surface area contributed by atoms with Crippen molar-refractivity contribution in [3.05, 3.63) is 54.0 Å². The van der Waals surface area contributed by atoms with Crippen LogP contribution in [-0.4, -0.2) is 42.5 Å². The van der Waals surface area contributed by atoms with Gasteiger partial charge >= 0.3 is 0 Å². The summed E-state index contributed by atoms with van der Waals surface area (Å²) in [6.45, 7) is 4.26. The Kier molecular flexibility index (Phi) is 4.02. The van der Waals surface area contributed by atoms with Gasteiger partial charge in [-0.05, 0) is 23.8 Å². The van der Waals surface area contributed by atoms with Gasteiger partial charge in [-0.25, -0.2) is 0 Å². The lowest BCUT2D eigenvalue weighted by Crippen LogP contribution is -2.32. The lowest BCUT2D eigenvalue weighted by Gasteiger charge is -2.21. The molecule has 2 aliphatic rings. The number of nitrogens with zero attached hydrogens (tertiary/aromatic N) is 2. The van der Waals surface area contributed by atoms with Gasteiger partial charge in [0.2, 0.25) is 5.91 Å². The van der Waals surface area contributed by atoms with Gasteiger partial charge in [-0.15, -0.1) is 0 Å². The Hall–Kier alpha value is -2.27. The molecule has 0 unspecified atom stereocenters. The van der Waals surface area contributed by atoms with Crippen LogP contribution in [0.2, 0.25) is 0 Å². The predicted octanol–water partition coefficient (Wildman–Crippen LogP) is 2.38. The van der Waals surface area contributed by atoms with Gasteiger partial charge < -0.3 is 14.1 Å². The van der Waals surface area contributed by atoms with E-state index >= 15 is 0 Å².